The largest absolute Gasteiger partial charge is 0.296 e. The van der Waals surface area contributed by atoms with Crippen molar-refractivity contribution in [3.05, 3.63) is 31.1 Å². The molecule has 0 saturated carbocycles. The molecule has 0 radical (unpaired) electrons. The number of aromatic nitrogens is 1. The number of alkyl halides is 2. The Hall–Kier alpha value is -1.19. The van der Waals surface area contributed by atoms with Gasteiger partial charge in [-0.25, -0.2) is 13.8 Å². The molecule has 0 unspecified atom stereocenters. The molecule has 80 valence electrons. The number of rotatable bonds is 3. The normalized spacial score (nSPS) is 10.4. The molecule has 0 fully saturated rings. The monoisotopic (exact) mass is 328 g/mol. The number of nitro groups is 1. The Bertz CT molecular complexity index is 425. The molecule has 0 N–H and O–H groups in total. The van der Waals surface area contributed by atoms with Gasteiger partial charge in [0.25, 0.3) is 12.1 Å². The Morgan fingerprint density at radius 2 is 2.20 bits per heavy atom. The number of halogens is 3. The van der Waals surface area contributed by atoms with Gasteiger partial charge < -0.3 is 0 Å². The van der Waals surface area contributed by atoms with E-state index in [1.165, 1.54) is 22.6 Å². The summed E-state index contributed by atoms with van der Waals surface area (Å²) >= 11 is 1.40. The molecule has 0 aliphatic heterocycles. The highest BCUT2D eigenvalue weighted by Gasteiger charge is 2.23. The number of nitrogens with zero attached hydrogens (tertiary/aromatic N) is 2. The van der Waals surface area contributed by atoms with Gasteiger partial charge in [0.05, 0.1) is 4.92 Å². The lowest BCUT2D eigenvalue weighted by molar-refractivity contribution is -0.386. The first kappa shape index (κ1) is 11.9. The molecule has 0 spiro atoms. The second kappa shape index (κ2) is 4.55. The second-order valence-corrected chi connectivity index (χ2v) is 3.52. The summed E-state index contributed by atoms with van der Waals surface area (Å²) in [6.07, 6.45) is -2.76. The molecule has 1 rings (SSSR count). The van der Waals surface area contributed by atoms with Gasteiger partial charge in [0.2, 0.25) is 0 Å². The summed E-state index contributed by atoms with van der Waals surface area (Å²) in [5.74, 6) is 0. The molecule has 0 amide bonds. The van der Waals surface area contributed by atoms with Crippen LogP contribution in [0.3, 0.4) is 0 Å². The molecule has 15 heavy (non-hydrogen) atoms. The number of hydrogen-bond donors (Lipinski definition) is 0. The van der Waals surface area contributed by atoms with E-state index in [0.29, 0.717) is 0 Å². The summed E-state index contributed by atoms with van der Waals surface area (Å²) in [5, 5.41) is 10.5. The van der Waals surface area contributed by atoms with E-state index in [1.54, 1.807) is 0 Å². The third-order valence-electron chi connectivity index (χ3n) is 1.51. The van der Waals surface area contributed by atoms with Crippen molar-refractivity contribution in [1.82, 2.24) is 4.98 Å². The Morgan fingerprint density at radius 3 is 2.60 bits per heavy atom. The Balaban J connectivity index is 3.46. The summed E-state index contributed by atoms with van der Waals surface area (Å²) in [6.45, 7) is 0. The molecule has 1 heterocycles. The van der Waals surface area contributed by atoms with Crippen molar-refractivity contribution in [2.75, 3.05) is 0 Å². The third kappa shape index (κ3) is 2.43. The van der Waals surface area contributed by atoms with E-state index in [9.17, 15) is 23.7 Å². The average Bonchev–Trinajstić information content (AvgIpc) is 2.17. The van der Waals surface area contributed by atoms with Crippen molar-refractivity contribution in [2.24, 2.45) is 0 Å². The number of hydrogen-bond acceptors (Lipinski definition) is 4. The molecule has 8 heteroatoms. The van der Waals surface area contributed by atoms with Crippen LogP contribution in [0.1, 0.15) is 22.6 Å². The fourth-order valence-corrected chi connectivity index (χ4v) is 1.60. The van der Waals surface area contributed by atoms with E-state index in [1.807, 2.05) is 0 Å². The van der Waals surface area contributed by atoms with Gasteiger partial charge in [-0.15, -0.1) is 0 Å². The van der Waals surface area contributed by atoms with Crippen LogP contribution in [0, 0.1) is 13.7 Å². The van der Waals surface area contributed by atoms with Crippen molar-refractivity contribution in [3.8, 4) is 0 Å². The average molecular weight is 328 g/mol. The summed E-state index contributed by atoms with van der Waals surface area (Å²) in [4.78, 5) is 23.3. The first-order chi connectivity index (χ1) is 6.97. The van der Waals surface area contributed by atoms with Crippen molar-refractivity contribution in [3.63, 3.8) is 0 Å². The fourth-order valence-electron chi connectivity index (χ4n) is 0.893. The van der Waals surface area contributed by atoms with Crippen LogP contribution in [-0.4, -0.2) is 16.2 Å². The number of pyridine rings is 1. The van der Waals surface area contributed by atoms with E-state index in [2.05, 4.69) is 4.98 Å². The predicted octanol–water partition coefficient (Wildman–Crippen LogP) is 2.34. The lowest BCUT2D eigenvalue weighted by Crippen LogP contribution is -2.03. The van der Waals surface area contributed by atoms with Crippen molar-refractivity contribution < 1.29 is 18.5 Å². The number of carbonyl (C=O) groups excluding carboxylic acids is 1. The van der Waals surface area contributed by atoms with Crippen LogP contribution >= 0.6 is 22.6 Å². The lowest BCUT2D eigenvalue weighted by Gasteiger charge is -2.03. The first-order valence-corrected chi connectivity index (χ1v) is 4.63. The SMILES string of the molecule is O=Cc1cc([N+](=O)[O-])c(I)c(C(F)F)n1. The zero-order valence-electron chi connectivity index (χ0n) is 6.99. The minimum Gasteiger partial charge on any atom is -0.296 e. The van der Waals surface area contributed by atoms with E-state index < -0.39 is 22.7 Å². The van der Waals surface area contributed by atoms with E-state index in [4.69, 9.17) is 0 Å². The molecule has 5 nitrogen and oxygen atoms in total. The summed E-state index contributed by atoms with van der Waals surface area (Å²) in [6, 6.07) is 0.862. The Kier molecular flexibility index (Phi) is 3.61. The van der Waals surface area contributed by atoms with Gasteiger partial charge in [0.1, 0.15) is 15.0 Å². The van der Waals surface area contributed by atoms with Crippen molar-refractivity contribution in [2.45, 2.75) is 6.43 Å². The van der Waals surface area contributed by atoms with Crippen LogP contribution in [0.2, 0.25) is 0 Å². The Morgan fingerprint density at radius 1 is 1.60 bits per heavy atom. The summed E-state index contributed by atoms with van der Waals surface area (Å²) in [7, 11) is 0. The highest BCUT2D eigenvalue weighted by atomic mass is 127. The zero-order chi connectivity index (χ0) is 11.6. The van der Waals surface area contributed by atoms with Crippen LogP contribution < -0.4 is 0 Å². The molecule has 0 aliphatic carbocycles. The predicted molar refractivity (Wildman–Crippen MR) is 54.0 cm³/mol. The number of carbonyl (C=O) groups is 1. The summed E-state index contributed by atoms with van der Waals surface area (Å²) in [5.41, 5.74) is -1.66. The molecule has 0 atom stereocenters. The van der Waals surface area contributed by atoms with Crippen LogP contribution in [0.4, 0.5) is 14.5 Å². The Labute approximate surface area is 95.8 Å². The highest BCUT2D eigenvalue weighted by molar-refractivity contribution is 14.1. The highest BCUT2D eigenvalue weighted by Crippen LogP contribution is 2.29. The van der Waals surface area contributed by atoms with Gasteiger partial charge in [-0.3, -0.25) is 14.9 Å². The van der Waals surface area contributed by atoms with Gasteiger partial charge in [-0.1, -0.05) is 0 Å². The molecule has 0 aliphatic rings. The van der Waals surface area contributed by atoms with Crippen molar-refractivity contribution in [1.29, 1.82) is 0 Å². The number of aldehydes is 1. The van der Waals surface area contributed by atoms with E-state index >= 15 is 0 Å². The second-order valence-electron chi connectivity index (χ2n) is 2.44. The molecule has 0 saturated heterocycles. The topological polar surface area (TPSA) is 73.1 Å². The van der Waals surface area contributed by atoms with E-state index in [-0.39, 0.29) is 15.6 Å². The molecule has 1 aromatic rings. The minimum absolute atomic E-state index is 0.189. The van der Waals surface area contributed by atoms with Crippen LogP contribution in [0.25, 0.3) is 0 Å². The van der Waals surface area contributed by atoms with Crippen LogP contribution in [-0.2, 0) is 0 Å². The van der Waals surface area contributed by atoms with Gasteiger partial charge in [-0.05, 0) is 22.6 Å². The zero-order valence-corrected chi connectivity index (χ0v) is 9.14. The maximum atomic E-state index is 12.4. The van der Waals surface area contributed by atoms with Crippen molar-refractivity contribution >= 4 is 34.6 Å². The molecule has 1 aromatic heterocycles. The minimum atomic E-state index is -2.95. The first-order valence-electron chi connectivity index (χ1n) is 3.55. The lowest BCUT2D eigenvalue weighted by atomic mass is 10.3. The molecule has 0 aromatic carbocycles. The maximum absolute atomic E-state index is 12.4. The quantitative estimate of drug-likeness (QED) is 0.369. The standard InChI is InChI=1S/C7H3F2IN2O3/c8-7(9)6-5(10)4(12(14)15)1-3(2-13)11-6/h1-2,7H. The van der Waals surface area contributed by atoms with Gasteiger partial charge in [0.15, 0.2) is 6.29 Å². The van der Waals surface area contributed by atoms with Crippen LogP contribution in [0.15, 0.2) is 6.07 Å². The fraction of sp³-hybridized carbons (Fsp3) is 0.143. The van der Waals surface area contributed by atoms with E-state index in [0.717, 1.165) is 6.07 Å². The summed E-state index contributed by atoms with van der Waals surface area (Å²) < 4.78 is 24.5. The van der Waals surface area contributed by atoms with Gasteiger partial charge in [-0.2, -0.15) is 0 Å². The molecular formula is C7H3F2IN2O3. The molecular weight excluding hydrogens is 325 g/mol. The van der Waals surface area contributed by atoms with Gasteiger partial charge in [0, 0.05) is 6.07 Å². The third-order valence-corrected chi connectivity index (χ3v) is 2.61. The maximum Gasteiger partial charge on any atom is 0.287 e. The van der Waals surface area contributed by atoms with Gasteiger partial charge >= 0.3 is 0 Å². The molecule has 0 bridgehead atoms. The van der Waals surface area contributed by atoms with Crippen LogP contribution in [0.5, 0.6) is 0 Å². The smallest absolute Gasteiger partial charge is 0.287 e.